The molecular weight excluding hydrogens is 304 g/mol. The highest BCUT2D eigenvalue weighted by atomic mass is 19.1. The van der Waals surface area contributed by atoms with Gasteiger partial charge in [-0.15, -0.1) is 0 Å². The third kappa shape index (κ3) is 4.52. The molecule has 0 unspecified atom stereocenters. The van der Waals surface area contributed by atoms with E-state index in [0.717, 1.165) is 0 Å². The van der Waals surface area contributed by atoms with Crippen molar-refractivity contribution < 1.29 is 29.1 Å². The Morgan fingerprint density at radius 1 is 1.22 bits per heavy atom. The summed E-state index contributed by atoms with van der Waals surface area (Å²) in [7, 11) is -1.41. The number of aliphatic carboxylic acids is 1. The number of hydrogen-bond acceptors (Lipinski definition) is 4. The third-order valence-electron chi connectivity index (χ3n) is 4.17. The molecule has 0 spiro atoms. The Morgan fingerprint density at radius 3 is 2.43 bits per heavy atom. The summed E-state index contributed by atoms with van der Waals surface area (Å²) in [4.78, 5) is 25.2. The maximum Gasteiger partial charge on any atom is 0.451 e. The van der Waals surface area contributed by atoms with E-state index in [1.165, 1.54) is 29.2 Å². The van der Waals surface area contributed by atoms with Crippen LogP contribution in [0.5, 0.6) is 0 Å². The highest BCUT2D eigenvalue weighted by Crippen LogP contribution is 2.29. The second-order valence-corrected chi connectivity index (χ2v) is 5.83. The predicted octanol–water partition coefficient (Wildman–Crippen LogP) is 0.851. The van der Waals surface area contributed by atoms with E-state index in [0.29, 0.717) is 24.9 Å². The van der Waals surface area contributed by atoms with Crippen molar-refractivity contribution in [3.8, 4) is 0 Å². The summed E-state index contributed by atoms with van der Waals surface area (Å²) < 4.78 is 12.9. The van der Waals surface area contributed by atoms with Crippen molar-refractivity contribution >= 4 is 19.0 Å². The molecular formula is C15H19BFNO5. The first-order valence-electron chi connectivity index (χ1n) is 7.52. The van der Waals surface area contributed by atoms with Gasteiger partial charge in [0.05, 0.1) is 5.92 Å². The second-order valence-electron chi connectivity index (χ2n) is 5.83. The lowest BCUT2D eigenvalue weighted by atomic mass is 9.80. The first-order valence-corrected chi connectivity index (χ1v) is 7.52. The maximum absolute atomic E-state index is 12.9. The Morgan fingerprint density at radius 2 is 1.87 bits per heavy atom. The van der Waals surface area contributed by atoms with Gasteiger partial charge in [-0.25, -0.2) is 4.39 Å². The summed E-state index contributed by atoms with van der Waals surface area (Å²) >= 11 is 0. The van der Waals surface area contributed by atoms with Gasteiger partial charge in [-0.05, 0) is 42.9 Å². The zero-order valence-electron chi connectivity index (χ0n) is 12.6. The van der Waals surface area contributed by atoms with E-state index in [4.69, 9.17) is 10.0 Å². The molecule has 1 aromatic rings. The first kappa shape index (κ1) is 17.4. The summed E-state index contributed by atoms with van der Waals surface area (Å²) in [6, 6.07) is 5.14. The number of carboxylic acid groups (broad SMARTS) is 1. The number of likely N-dealkylation sites (tertiary alicyclic amines) is 1. The molecule has 23 heavy (non-hydrogen) atoms. The monoisotopic (exact) mass is 323 g/mol. The van der Waals surface area contributed by atoms with Gasteiger partial charge < -0.3 is 20.1 Å². The van der Waals surface area contributed by atoms with Crippen LogP contribution >= 0.6 is 0 Å². The van der Waals surface area contributed by atoms with Crippen LogP contribution in [0.25, 0.3) is 0 Å². The Balaban J connectivity index is 2.02. The molecule has 0 aliphatic carbocycles. The van der Waals surface area contributed by atoms with Crippen LogP contribution < -0.4 is 0 Å². The Hall–Kier alpha value is -1.93. The molecule has 0 bridgehead atoms. The van der Waals surface area contributed by atoms with Crippen molar-refractivity contribution in [2.75, 3.05) is 13.1 Å². The summed E-state index contributed by atoms with van der Waals surface area (Å²) in [6.07, 6.45) is 1.15. The number of carboxylic acids is 1. The summed E-state index contributed by atoms with van der Waals surface area (Å²) in [5.74, 6) is -2.62. The summed E-state index contributed by atoms with van der Waals surface area (Å²) in [6.45, 7) is 0.409. The van der Waals surface area contributed by atoms with Crippen LogP contribution in [0.3, 0.4) is 0 Å². The molecule has 1 aliphatic heterocycles. The van der Waals surface area contributed by atoms with Gasteiger partial charge in [-0.1, -0.05) is 6.42 Å². The van der Waals surface area contributed by atoms with Gasteiger partial charge in [0.1, 0.15) is 5.82 Å². The molecule has 1 fully saturated rings. The van der Waals surface area contributed by atoms with Crippen LogP contribution in [0.1, 0.15) is 23.2 Å². The van der Waals surface area contributed by atoms with E-state index in [9.17, 15) is 19.1 Å². The lowest BCUT2D eigenvalue weighted by Gasteiger charge is -2.16. The van der Waals surface area contributed by atoms with Gasteiger partial charge in [0, 0.05) is 18.7 Å². The van der Waals surface area contributed by atoms with E-state index >= 15 is 0 Å². The van der Waals surface area contributed by atoms with Gasteiger partial charge >= 0.3 is 13.1 Å². The van der Waals surface area contributed by atoms with Crippen molar-refractivity contribution in [3.63, 3.8) is 0 Å². The van der Waals surface area contributed by atoms with Crippen LogP contribution in [-0.2, 0) is 4.79 Å². The smallest absolute Gasteiger partial charge is 0.451 e. The van der Waals surface area contributed by atoms with E-state index in [-0.39, 0.29) is 24.7 Å². The Labute approximate surface area is 133 Å². The number of rotatable bonds is 6. The number of nitrogens with zero attached hydrogens (tertiary/aromatic N) is 1. The fourth-order valence-corrected chi connectivity index (χ4v) is 2.95. The fraction of sp³-hybridized carbons (Fsp3) is 0.467. The lowest BCUT2D eigenvalue weighted by molar-refractivity contribution is -0.142. The molecule has 1 saturated heterocycles. The van der Waals surface area contributed by atoms with Gasteiger partial charge in [0.15, 0.2) is 0 Å². The first-order chi connectivity index (χ1) is 10.9. The molecule has 124 valence electrons. The normalized spacial score (nSPS) is 20.6. The molecule has 0 saturated carbocycles. The highest BCUT2D eigenvalue weighted by Gasteiger charge is 2.39. The molecule has 1 heterocycles. The van der Waals surface area contributed by atoms with Gasteiger partial charge in [-0.2, -0.15) is 0 Å². The minimum atomic E-state index is -1.41. The van der Waals surface area contributed by atoms with Crippen LogP contribution in [0.2, 0.25) is 6.32 Å². The van der Waals surface area contributed by atoms with E-state index < -0.39 is 24.8 Å². The van der Waals surface area contributed by atoms with Crippen molar-refractivity contribution in [2.24, 2.45) is 11.8 Å². The topological polar surface area (TPSA) is 98.1 Å². The molecule has 1 aliphatic rings. The number of benzene rings is 1. The van der Waals surface area contributed by atoms with Crippen molar-refractivity contribution in [3.05, 3.63) is 35.6 Å². The second kappa shape index (κ2) is 7.56. The molecule has 6 nitrogen and oxygen atoms in total. The van der Waals surface area contributed by atoms with Crippen LogP contribution in [0.15, 0.2) is 24.3 Å². The maximum atomic E-state index is 12.9. The number of amides is 1. The number of hydrogen-bond donors (Lipinski definition) is 3. The minimum Gasteiger partial charge on any atom is -0.481 e. The number of halogens is 1. The molecule has 8 heteroatoms. The van der Waals surface area contributed by atoms with Crippen LogP contribution in [-0.4, -0.2) is 52.1 Å². The van der Waals surface area contributed by atoms with E-state index in [1.807, 2.05) is 0 Å². The molecule has 2 rings (SSSR count). The van der Waals surface area contributed by atoms with Gasteiger partial charge in [0.2, 0.25) is 0 Å². The quantitative estimate of drug-likeness (QED) is 0.674. The molecule has 1 aromatic carbocycles. The average molecular weight is 323 g/mol. The Kier molecular flexibility index (Phi) is 5.73. The van der Waals surface area contributed by atoms with E-state index in [2.05, 4.69) is 0 Å². The van der Waals surface area contributed by atoms with Crippen LogP contribution in [0.4, 0.5) is 4.39 Å². The standard InChI is InChI=1S/C15H19BFNO5/c17-12-5-3-10(4-6-12)14(19)18-8-11(2-1-7-16(22)23)13(9-18)15(20)21/h3-6,11,13,22-23H,1-2,7-9H2,(H,20,21)/t11-,13+/m0/s1. The van der Waals surface area contributed by atoms with Gasteiger partial charge in [0.25, 0.3) is 5.91 Å². The largest absolute Gasteiger partial charge is 0.481 e. The zero-order valence-corrected chi connectivity index (χ0v) is 12.6. The van der Waals surface area contributed by atoms with Crippen LogP contribution in [0, 0.1) is 17.7 Å². The van der Waals surface area contributed by atoms with Crippen molar-refractivity contribution in [2.45, 2.75) is 19.2 Å². The molecule has 0 radical (unpaired) electrons. The fourth-order valence-electron chi connectivity index (χ4n) is 2.95. The summed E-state index contributed by atoms with van der Waals surface area (Å²) in [5, 5.41) is 27.0. The minimum absolute atomic E-state index is 0.109. The lowest BCUT2D eigenvalue weighted by Crippen LogP contribution is -2.29. The SMILES string of the molecule is O=C(O)[C@@H]1CN(C(=O)c2ccc(F)cc2)C[C@@H]1CCCB(O)O. The highest BCUT2D eigenvalue weighted by molar-refractivity contribution is 6.40. The van der Waals surface area contributed by atoms with Gasteiger partial charge in [-0.3, -0.25) is 9.59 Å². The van der Waals surface area contributed by atoms with E-state index in [1.54, 1.807) is 0 Å². The number of carbonyl (C=O) groups is 2. The average Bonchev–Trinajstić information content (AvgIpc) is 2.91. The van der Waals surface area contributed by atoms with Crippen molar-refractivity contribution in [1.29, 1.82) is 0 Å². The predicted molar refractivity (Wildman–Crippen MR) is 81.2 cm³/mol. The summed E-state index contributed by atoms with van der Waals surface area (Å²) in [5.41, 5.74) is 0.321. The molecule has 0 aromatic heterocycles. The molecule has 1 amide bonds. The third-order valence-corrected chi connectivity index (χ3v) is 4.17. The Bertz CT molecular complexity index is 565. The molecule has 2 atom stereocenters. The molecule has 3 N–H and O–H groups in total. The number of carbonyl (C=O) groups excluding carboxylic acids is 1. The zero-order chi connectivity index (χ0) is 17.0. The van der Waals surface area contributed by atoms with Crippen molar-refractivity contribution in [1.82, 2.24) is 4.90 Å².